The Bertz CT molecular complexity index is 569. The number of nitrogens with one attached hydrogen (secondary N) is 1. The Labute approximate surface area is 167 Å². The highest BCUT2D eigenvalue weighted by molar-refractivity contribution is 5.85. The minimum atomic E-state index is -0.553. The van der Waals surface area contributed by atoms with Crippen molar-refractivity contribution in [1.82, 2.24) is 10.2 Å². The number of phenols is 1. The van der Waals surface area contributed by atoms with Crippen molar-refractivity contribution in [3.8, 4) is 11.5 Å². The Morgan fingerprint density at radius 2 is 1.96 bits per heavy atom. The average Bonchev–Trinajstić information content (AvgIpc) is 2.60. The van der Waals surface area contributed by atoms with Crippen LogP contribution in [0.5, 0.6) is 11.5 Å². The maximum atomic E-state index is 11.3. The number of methoxy groups -OCH3 is 1. The van der Waals surface area contributed by atoms with Gasteiger partial charge in [0.25, 0.3) is 0 Å². The van der Waals surface area contributed by atoms with Gasteiger partial charge in [-0.05, 0) is 18.1 Å². The summed E-state index contributed by atoms with van der Waals surface area (Å²) in [6.45, 7) is 5.82. The molecule has 2 N–H and O–H groups in total. The lowest BCUT2D eigenvalue weighted by atomic mass is 9.97. The first-order chi connectivity index (χ1) is 11.6. The van der Waals surface area contributed by atoms with Crippen LogP contribution >= 0.6 is 24.8 Å². The predicted molar refractivity (Wildman–Crippen MR) is 107 cm³/mol. The molecule has 0 radical (unpaired) electrons. The Hall–Kier alpha value is -1.28. The van der Waals surface area contributed by atoms with Crippen molar-refractivity contribution in [3.63, 3.8) is 0 Å². The molecule has 0 aromatic heterocycles. The molecule has 1 aliphatic heterocycles. The summed E-state index contributed by atoms with van der Waals surface area (Å²) in [5, 5.41) is 24.6. The van der Waals surface area contributed by atoms with Crippen LogP contribution < -0.4 is 10.1 Å². The molecule has 150 valence electrons. The summed E-state index contributed by atoms with van der Waals surface area (Å²) in [5.41, 5.74) is 0.550. The topological polar surface area (TPSA) is 87.9 Å². The van der Waals surface area contributed by atoms with Crippen molar-refractivity contribution >= 4 is 30.5 Å². The van der Waals surface area contributed by atoms with E-state index in [0.29, 0.717) is 0 Å². The van der Waals surface area contributed by atoms with E-state index in [1.165, 1.54) is 13.2 Å². The van der Waals surface area contributed by atoms with Gasteiger partial charge in [0.05, 0.1) is 12.0 Å². The maximum absolute atomic E-state index is 11.3. The molecule has 1 heterocycles. The number of phenolic OH excluding ortho intramolecular Hbond substituents is 1. The van der Waals surface area contributed by atoms with Crippen LogP contribution in [0, 0.1) is 10.1 Å². The van der Waals surface area contributed by atoms with E-state index in [4.69, 9.17) is 4.74 Å². The van der Waals surface area contributed by atoms with Gasteiger partial charge in [-0.3, -0.25) is 15.0 Å². The minimum absolute atomic E-state index is 0. The molecule has 0 unspecified atom stereocenters. The Morgan fingerprint density at radius 3 is 2.50 bits per heavy atom. The lowest BCUT2D eigenvalue weighted by Gasteiger charge is -2.35. The van der Waals surface area contributed by atoms with Crippen molar-refractivity contribution in [3.05, 3.63) is 27.8 Å². The number of rotatable bonds is 8. The third-order valence-corrected chi connectivity index (χ3v) is 4.55. The normalized spacial score (nSPS) is 15.5. The quantitative estimate of drug-likeness (QED) is 0.386. The van der Waals surface area contributed by atoms with Gasteiger partial charge in [0.15, 0.2) is 5.75 Å². The number of hydrogen-bond acceptors (Lipinski definition) is 6. The molecule has 7 nitrogen and oxygen atoms in total. The Kier molecular flexibility index (Phi) is 11.6. The van der Waals surface area contributed by atoms with Gasteiger partial charge in [-0.25, -0.2) is 0 Å². The van der Waals surface area contributed by atoms with E-state index in [2.05, 4.69) is 17.1 Å². The van der Waals surface area contributed by atoms with Gasteiger partial charge >= 0.3 is 5.69 Å². The van der Waals surface area contributed by atoms with E-state index in [1.807, 2.05) is 0 Å². The summed E-state index contributed by atoms with van der Waals surface area (Å²) in [6.07, 6.45) is 4.29. The number of nitro groups is 1. The molecule has 1 saturated heterocycles. The SMILES string of the molecule is CCCCC[C@H](c1cc(OC)c(O)c([N+](=O)[O-])c1)N1CCNCC1.Cl.Cl. The summed E-state index contributed by atoms with van der Waals surface area (Å²) in [7, 11) is 1.42. The molecule has 1 aromatic rings. The van der Waals surface area contributed by atoms with Crippen LogP contribution in [-0.2, 0) is 0 Å². The second-order valence-electron chi connectivity index (χ2n) is 6.15. The van der Waals surface area contributed by atoms with Gasteiger partial charge < -0.3 is 15.2 Å². The highest BCUT2D eigenvalue weighted by Gasteiger charge is 2.27. The number of halogens is 2. The molecule has 0 saturated carbocycles. The number of unbranched alkanes of at least 4 members (excludes halogenated alkanes) is 2. The van der Waals surface area contributed by atoms with E-state index in [9.17, 15) is 15.2 Å². The van der Waals surface area contributed by atoms with Gasteiger partial charge in [-0.15, -0.1) is 24.8 Å². The second kappa shape index (κ2) is 12.2. The van der Waals surface area contributed by atoms with Crippen LogP contribution in [-0.4, -0.2) is 48.2 Å². The first kappa shape index (κ1) is 24.7. The molecule has 9 heteroatoms. The fraction of sp³-hybridized carbons (Fsp3) is 0.647. The number of piperazine rings is 1. The van der Waals surface area contributed by atoms with Crippen LogP contribution in [0.3, 0.4) is 0 Å². The molecule has 0 bridgehead atoms. The standard InChI is InChI=1S/C17H27N3O4.2ClH/c1-3-4-5-6-14(19-9-7-18-8-10-19)13-11-15(20(22)23)17(21)16(12-13)24-2;;/h11-12,14,18,21H,3-10H2,1-2H3;2*1H/t14-;;/m1../s1. The van der Waals surface area contributed by atoms with E-state index < -0.39 is 10.7 Å². The number of benzene rings is 1. The molecule has 26 heavy (non-hydrogen) atoms. The molecular weight excluding hydrogens is 381 g/mol. The van der Waals surface area contributed by atoms with E-state index in [-0.39, 0.29) is 42.3 Å². The highest BCUT2D eigenvalue weighted by Crippen LogP contribution is 2.40. The van der Waals surface area contributed by atoms with E-state index >= 15 is 0 Å². The van der Waals surface area contributed by atoms with Crippen molar-refractivity contribution in [2.45, 2.75) is 38.6 Å². The summed E-state index contributed by atoms with van der Waals surface area (Å²) in [6, 6.07) is 3.34. The van der Waals surface area contributed by atoms with Crippen LogP contribution in [0.15, 0.2) is 12.1 Å². The summed E-state index contributed by atoms with van der Waals surface area (Å²) < 4.78 is 5.15. The molecule has 0 aliphatic carbocycles. The fourth-order valence-corrected chi connectivity index (χ4v) is 3.24. The Morgan fingerprint density at radius 1 is 1.31 bits per heavy atom. The van der Waals surface area contributed by atoms with Gasteiger partial charge in [-0.2, -0.15) is 0 Å². The number of nitrogens with zero attached hydrogens (tertiary/aromatic N) is 2. The van der Waals surface area contributed by atoms with Crippen molar-refractivity contribution < 1.29 is 14.8 Å². The molecule has 2 rings (SSSR count). The first-order valence-corrected chi connectivity index (χ1v) is 8.58. The van der Waals surface area contributed by atoms with Crippen molar-refractivity contribution in [1.29, 1.82) is 0 Å². The minimum Gasteiger partial charge on any atom is -0.500 e. The van der Waals surface area contributed by atoms with Crippen LogP contribution in [0.25, 0.3) is 0 Å². The zero-order valence-corrected chi connectivity index (χ0v) is 16.9. The highest BCUT2D eigenvalue weighted by atomic mass is 35.5. The lowest BCUT2D eigenvalue weighted by Crippen LogP contribution is -2.45. The smallest absolute Gasteiger partial charge is 0.314 e. The van der Waals surface area contributed by atoms with Crippen molar-refractivity contribution in [2.75, 3.05) is 33.3 Å². The number of aromatic hydroxyl groups is 1. The molecule has 1 fully saturated rings. The molecule has 1 aliphatic rings. The lowest BCUT2D eigenvalue weighted by molar-refractivity contribution is -0.386. The maximum Gasteiger partial charge on any atom is 0.314 e. The zero-order valence-electron chi connectivity index (χ0n) is 15.3. The fourth-order valence-electron chi connectivity index (χ4n) is 3.24. The van der Waals surface area contributed by atoms with E-state index in [1.54, 1.807) is 6.07 Å². The largest absolute Gasteiger partial charge is 0.500 e. The van der Waals surface area contributed by atoms with Gasteiger partial charge in [-0.1, -0.05) is 26.2 Å². The van der Waals surface area contributed by atoms with Crippen molar-refractivity contribution in [2.24, 2.45) is 0 Å². The number of hydrogen-bond donors (Lipinski definition) is 2. The van der Waals surface area contributed by atoms with E-state index in [0.717, 1.165) is 57.4 Å². The third-order valence-electron chi connectivity index (χ3n) is 4.55. The molecular formula is C17H29Cl2N3O4. The summed E-state index contributed by atoms with van der Waals surface area (Å²) in [4.78, 5) is 13.1. The molecule has 1 atom stereocenters. The number of nitro benzene ring substituents is 1. The average molecular weight is 410 g/mol. The van der Waals surface area contributed by atoms with Crippen LogP contribution in [0.2, 0.25) is 0 Å². The summed E-state index contributed by atoms with van der Waals surface area (Å²) in [5.74, 6) is -0.242. The van der Waals surface area contributed by atoms with Gasteiger partial charge in [0.1, 0.15) is 0 Å². The zero-order chi connectivity index (χ0) is 17.5. The van der Waals surface area contributed by atoms with Gasteiger partial charge in [0, 0.05) is 38.3 Å². The monoisotopic (exact) mass is 409 g/mol. The number of ether oxygens (including phenoxy) is 1. The predicted octanol–water partition coefficient (Wildman–Crippen LogP) is 3.68. The molecule has 0 amide bonds. The third kappa shape index (κ3) is 6.16. The van der Waals surface area contributed by atoms with Crippen LogP contribution in [0.1, 0.15) is 44.2 Å². The Balaban J connectivity index is 0.00000312. The van der Waals surface area contributed by atoms with Crippen LogP contribution in [0.4, 0.5) is 5.69 Å². The summed E-state index contributed by atoms with van der Waals surface area (Å²) >= 11 is 0. The molecule has 0 spiro atoms. The molecule has 1 aromatic carbocycles. The first-order valence-electron chi connectivity index (χ1n) is 8.58. The van der Waals surface area contributed by atoms with Gasteiger partial charge in [0.2, 0.25) is 5.75 Å². The second-order valence-corrected chi connectivity index (χ2v) is 6.15.